The van der Waals surface area contributed by atoms with E-state index in [-0.39, 0.29) is 11.3 Å². The number of hydrogen-bond donors (Lipinski definition) is 1. The Kier molecular flexibility index (Phi) is 11.3. The Morgan fingerprint density at radius 3 is 1.76 bits per heavy atom. The zero-order valence-electron chi connectivity index (χ0n) is 14.6. The molecule has 0 aromatic rings. The normalized spacial score (nSPS) is 11.4. The number of nitrogens with one attached hydrogen (secondary N) is 1. The number of carbonyl (C=O) groups is 2. The monoisotopic (exact) mass is 297 g/mol. The minimum absolute atomic E-state index is 0.153. The standard InChI is InChI=1S/C18H35NO2/c1-5-17(21)19-15-13-11-9-7-6-8-10-12-14-16(20)18(2,3)4/h5-15H2,1-4H3,(H,19,21). The van der Waals surface area contributed by atoms with Crippen LogP contribution < -0.4 is 5.32 Å². The Balaban J connectivity index is 3.23. The van der Waals surface area contributed by atoms with E-state index in [2.05, 4.69) is 5.32 Å². The highest BCUT2D eigenvalue weighted by Gasteiger charge is 2.19. The summed E-state index contributed by atoms with van der Waals surface area (Å²) in [5.74, 6) is 0.538. The summed E-state index contributed by atoms with van der Waals surface area (Å²) in [7, 11) is 0. The summed E-state index contributed by atoms with van der Waals surface area (Å²) in [6.07, 6.45) is 10.9. The van der Waals surface area contributed by atoms with Crippen molar-refractivity contribution in [2.45, 2.75) is 91.9 Å². The third-order valence-corrected chi connectivity index (χ3v) is 3.81. The maximum atomic E-state index is 11.7. The fraction of sp³-hybridized carbons (Fsp3) is 0.889. The van der Waals surface area contributed by atoms with Crippen LogP contribution in [0.15, 0.2) is 0 Å². The lowest BCUT2D eigenvalue weighted by molar-refractivity contribution is -0.126. The highest BCUT2D eigenvalue weighted by atomic mass is 16.1. The SMILES string of the molecule is CCC(=O)NCCCCCCCCCCC(=O)C(C)(C)C. The Bertz CT molecular complexity index is 292. The van der Waals surface area contributed by atoms with Crippen molar-refractivity contribution in [3.63, 3.8) is 0 Å². The zero-order chi connectivity index (χ0) is 16.1. The molecule has 0 rings (SSSR count). The molecule has 21 heavy (non-hydrogen) atoms. The smallest absolute Gasteiger partial charge is 0.219 e. The number of Topliss-reactive ketones (excluding diaryl/α,β-unsaturated/α-hetero) is 1. The Labute approximate surface area is 131 Å². The lowest BCUT2D eigenvalue weighted by atomic mass is 9.88. The molecule has 1 amide bonds. The average Bonchev–Trinajstić information content (AvgIpc) is 2.43. The highest BCUT2D eigenvalue weighted by Crippen LogP contribution is 2.19. The number of rotatable bonds is 12. The summed E-state index contributed by atoms with van der Waals surface area (Å²) in [4.78, 5) is 22.8. The molecule has 0 unspecified atom stereocenters. The van der Waals surface area contributed by atoms with E-state index in [1.54, 1.807) is 0 Å². The van der Waals surface area contributed by atoms with Crippen LogP contribution in [0.3, 0.4) is 0 Å². The fourth-order valence-corrected chi connectivity index (χ4v) is 2.20. The van der Waals surface area contributed by atoms with E-state index in [1.807, 2.05) is 27.7 Å². The topological polar surface area (TPSA) is 46.2 Å². The molecule has 0 spiro atoms. The minimum Gasteiger partial charge on any atom is -0.356 e. The van der Waals surface area contributed by atoms with Gasteiger partial charge in [0.25, 0.3) is 0 Å². The molecule has 1 N–H and O–H groups in total. The van der Waals surface area contributed by atoms with Crippen molar-refractivity contribution in [2.24, 2.45) is 5.41 Å². The molecule has 0 aliphatic carbocycles. The van der Waals surface area contributed by atoms with Gasteiger partial charge in [-0.25, -0.2) is 0 Å². The molecule has 0 atom stereocenters. The summed E-state index contributed by atoms with van der Waals surface area (Å²) in [5.41, 5.74) is -0.173. The van der Waals surface area contributed by atoms with Crippen molar-refractivity contribution in [1.82, 2.24) is 5.32 Å². The van der Waals surface area contributed by atoms with Gasteiger partial charge in [-0.05, 0) is 12.8 Å². The van der Waals surface area contributed by atoms with E-state index in [9.17, 15) is 9.59 Å². The highest BCUT2D eigenvalue weighted by molar-refractivity contribution is 5.83. The van der Waals surface area contributed by atoms with Crippen molar-refractivity contribution < 1.29 is 9.59 Å². The second-order valence-corrected chi connectivity index (χ2v) is 6.96. The number of amides is 1. The first-order chi connectivity index (χ1) is 9.88. The van der Waals surface area contributed by atoms with Crippen molar-refractivity contribution in [1.29, 1.82) is 0 Å². The molecule has 0 radical (unpaired) electrons. The molecule has 3 nitrogen and oxygen atoms in total. The van der Waals surface area contributed by atoms with Crippen molar-refractivity contribution in [3.8, 4) is 0 Å². The third-order valence-electron chi connectivity index (χ3n) is 3.81. The largest absolute Gasteiger partial charge is 0.356 e. The van der Waals surface area contributed by atoms with Crippen LogP contribution in [0.4, 0.5) is 0 Å². The molecule has 0 saturated carbocycles. The first-order valence-corrected chi connectivity index (χ1v) is 8.68. The van der Waals surface area contributed by atoms with Crippen LogP contribution in [-0.4, -0.2) is 18.2 Å². The molecule has 0 aromatic heterocycles. The van der Waals surface area contributed by atoms with Gasteiger partial charge in [0.1, 0.15) is 5.78 Å². The Morgan fingerprint density at radius 2 is 1.29 bits per heavy atom. The van der Waals surface area contributed by atoms with Gasteiger partial charge in [0.2, 0.25) is 5.91 Å². The maximum absolute atomic E-state index is 11.7. The predicted molar refractivity (Wildman–Crippen MR) is 89.3 cm³/mol. The van der Waals surface area contributed by atoms with Gasteiger partial charge in [-0.3, -0.25) is 9.59 Å². The van der Waals surface area contributed by atoms with Crippen LogP contribution in [-0.2, 0) is 9.59 Å². The molecular weight excluding hydrogens is 262 g/mol. The second-order valence-electron chi connectivity index (χ2n) is 6.96. The van der Waals surface area contributed by atoms with Gasteiger partial charge < -0.3 is 5.32 Å². The van der Waals surface area contributed by atoms with Gasteiger partial charge in [-0.15, -0.1) is 0 Å². The molecule has 3 heteroatoms. The van der Waals surface area contributed by atoms with Gasteiger partial charge in [-0.1, -0.05) is 66.2 Å². The van der Waals surface area contributed by atoms with Crippen molar-refractivity contribution in [2.75, 3.05) is 6.54 Å². The molecule has 0 aromatic carbocycles. The van der Waals surface area contributed by atoms with Crippen LogP contribution >= 0.6 is 0 Å². The predicted octanol–water partition coefficient (Wildman–Crippen LogP) is 4.64. The summed E-state index contributed by atoms with van der Waals surface area (Å²) in [6, 6.07) is 0. The number of carbonyl (C=O) groups excluding carboxylic acids is 2. The van der Waals surface area contributed by atoms with Crippen LogP contribution in [0.25, 0.3) is 0 Å². The van der Waals surface area contributed by atoms with Gasteiger partial charge >= 0.3 is 0 Å². The first-order valence-electron chi connectivity index (χ1n) is 8.68. The van der Waals surface area contributed by atoms with Crippen LogP contribution in [0.1, 0.15) is 91.9 Å². The summed E-state index contributed by atoms with van der Waals surface area (Å²) in [5, 5.41) is 2.90. The van der Waals surface area contributed by atoms with E-state index in [0.717, 1.165) is 25.8 Å². The summed E-state index contributed by atoms with van der Waals surface area (Å²) in [6.45, 7) is 8.70. The lowest BCUT2D eigenvalue weighted by Gasteiger charge is -2.16. The van der Waals surface area contributed by atoms with E-state index < -0.39 is 0 Å². The van der Waals surface area contributed by atoms with Crippen molar-refractivity contribution in [3.05, 3.63) is 0 Å². The van der Waals surface area contributed by atoms with Crippen molar-refractivity contribution >= 4 is 11.7 Å². The van der Waals surface area contributed by atoms with Gasteiger partial charge in [0.15, 0.2) is 0 Å². The van der Waals surface area contributed by atoms with Crippen LogP contribution in [0, 0.1) is 5.41 Å². The molecule has 0 saturated heterocycles. The quantitative estimate of drug-likeness (QED) is 0.533. The first kappa shape index (κ1) is 20.1. The number of ketones is 1. The van der Waals surface area contributed by atoms with E-state index >= 15 is 0 Å². The Morgan fingerprint density at radius 1 is 0.810 bits per heavy atom. The molecular formula is C18H35NO2. The molecule has 0 aliphatic rings. The molecule has 0 aliphatic heterocycles. The Hall–Kier alpha value is -0.860. The third kappa shape index (κ3) is 12.6. The lowest BCUT2D eigenvalue weighted by Crippen LogP contribution is -2.23. The molecule has 0 heterocycles. The summed E-state index contributed by atoms with van der Waals surface area (Å²) >= 11 is 0. The molecule has 0 bridgehead atoms. The summed E-state index contributed by atoms with van der Waals surface area (Å²) < 4.78 is 0. The zero-order valence-corrected chi connectivity index (χ0v) is 14.6. The van der Waals surface area contributed by atoms with Crippen LogP contribution in [0.5, 0.6) is 0 Å². The van der Waals surface area contributed by atoms with Crippen LogP contribution in [0.2, 0.25) is 0 Å². The minimum atomic E-state index is -0.173. The number of hydrogen-bond acceptors (Lipinski definition) is 2. The van der Waals surface area contributed by atoms with E-state index in [1.165, 1.54) is 38.5 Å². The maximum Gasteiger partial charge on any atom is 0.219 e. The van der Waals surface area contributed by atoms with Gasteiger partial charge in [0.05, 0.1) is 0 Å². The number of unbranched alkanes of at least 4 members (excludes halogenated alkanes) is 7. The van der Waals surface area contributed by atoms with E-state index in [0.29, 0.717) is 12.2 Å². The molecule has 124 valence electrons. The second kappa shape index (κ2) is 11.8. The van der Waals surface area contributed by atoms with Gasteiger partial charge in [-0.2, -0.15) is 0 Å². The van der Waals surface area contributed by atoms with E-state index in [4.69, 9.17) is 0 Å². The fourth-order valence-electron chi connectivity index (χ4n) is 2.20. The average molecular weight is 297 g/mol. The van der Waals surface area contributed by atoms with Gasteiger partial charge in [0, 0.05) is 24.8 Å². The molecule has 0 fully saturated rings.